The highest BCUT2D eigenvalue weighted by molar-refractivity contribution is 7.19. The summed E-state index contributed by atoms with van der Waals surface area (Å²) in [7, 11) is 0. The number of aliphatic hydroxyl groups excluding tert-OH is 1. The van der Waals surface area contributed by atoms with E-state index in [-0.39, 0.29) is 6.61 Å². The minimum absolute atomic E-state index is 0.244. The van der Waals surface area contributed by atoms with E-state index in [1.54, 1.807) is 6.33 Å². The van der Waals surface area contributed by atoms with Gasteiger partial charge in [0, 0.05) is 37.6 Å². The summed E-state index contributed by atoms with van der Waals surface area (Å²) in [6.45, 7) is 7.32. The van der Waals surface area contributed by atoms with Gasteiger partial charge in [-0.25, -0.2) is 9.97 Å². The first kappa shape index (κ1) is 15.3. The quantitative estimate of drug-likeness (QED) is 0.931. The topological polar surface area (TPSA) is 52.5 Å². The summed E-state index contributed by atoms with van der Waals surface area (Å²) in [5, 5.41) is 10.4. The highest BCUT2D eigenvalue weighted by atomic mass is 32.1. The van der Waals surface area contributed by atoms with Gasteiger partial charge in [-0.15, -0.1) is 11.3 Å². The maximum atomic E-state index is 9.09. The van der Waals surface area contributed by atoms with E-state index >= 15 is 0 Å². The lowest BCUT2D eigenvalue weighted by molar-refractivity contribution is 0.188. The van der Waals surface area contributed by atoms with Crippen LogP contribution < -0.4 is 4.90 Å². The van der Waals surface area contributed by atoms with Gasteiger partial charge >= 0.3 is 0 Å². The Hall–Kier alpha value is -1.24. The van der Waals surface area contributed by atoms with Gasteiger partial charge in [-0.2, -0.15) is 0 Å². The number of β-amino-alcohol motifs (C(OH)–C–C–N with tert-alkyl or cyclic N) is 1. The van der Waals surface area contributed by atoms with Crippen LogP contribution in [0.4, 0.5) is 5.82 Å². The first-order valence-electron chi connectivity index (χ1n) is 8.59. The molecule has 0 spiro atoms. The highest BCUT2D eigenvalue weighted by Crippen LogP contribution is 2.40. The van der Waals surface area contributed by atoms with E-state index in [1.807, 2.05) is 11.3 Å². The lowest BCUT2D eigenvalue weighted by Crippen LogP contribution is -2.47. The zero-order valence-electron chi connectivity index (χ0n) is 13.7. The van der Waals surface area contributed by atoms with Crippen LogP contribution in [0.15, 0.2) is 6.33 Å². The molecule has 2 aliphatic rings. The first-order chi connectivity index (χ1) is 11.3. The average Bonchev–Trinajstić information content (AvgIpc) is 2.93. The number of hydrogen-bond donors (Lipinski definition) is 1. The second-order valence-corrected chi connectivity index (χ2v) is 7.87. The number of fused-ring (bicyclic) bond motifs is 3. The van der Waals surface area contributed by atoms with Crippen LogP contribution in [-0.4, -0.2) is 59.3 Å². The molecule has 0 radical (unpaired) electrons. The molecule has 5 nitrogen and oxygen atoms in total. The van der Waals surface area contributed by atoms with Crippen LogP contribution in [0.3, 0.4) is 0 Å². The van der Waals surface area contributed by atoms with Gasteiger partial charge < -0.3 is 10.0 Å². The lowest BCUT2D eigenvalue weighted by Gasteiger charge is -2.35. The van der Waals surface area contributed by atoms with E-state index in [0.29, 0.717) is 0 Å². The molecule has 0 bridgehead atoms. The molecule has 0 aromatic carbocycles. The van der Waals surface area contributed by atoms with Crippen molar-refractivity contribution >= 4 is 27.4 Å². The van der Waals surface area contributed by atoms with Crippen molar-refractivity contribution in [3.8, 4) is 0 Å². The molecule has 124 valence electrons. The summed E-state index contributed by atoms with van der Waals surface area (Å²) < 4.78 is 0. The maximum absolute atomic E-state index is 9.09. The van der Waals surface area contributed by atoms with Crippen molar-refractivity contribution < 1.29 is 5.11 Å². The van der Waals surface area contributed by atoms with Crippen molar-refractivity contribution in [2.45, 2.75) is 26.2 Å². The van der Waals surface area contributed by atoms with Crippen molar-refractivity contribution in [3.05, 3.63) is 16.8 Å². The Morgan fingerprint density at radius 1 is 1.26 bits per heavy atom. The molecule has 0 saturated carbocycles. The molecular weight excluding hydrogens is 308 g/mol. The molecule has 1 atom stereocenters. The molecule has 4 rings (SSSR count). The van der Waals surface area contributed by atoms with Crippen LogP contribution >= 0.6 is 11.3 Å². The number of hydrogen-bond acceptors (Lipinski definition) is 6. The smallest absolute Gasteiger partial charge is 0.141 e. The molecule has 0 amide bonds. The third-order valence-electron chi connectivity index (χ3n) is 5.16. The summed E-state index contributed by atoms with van der Waals surface area (Å²) in [6, 6.07) is 0. The van der Waals surface area contributed by atoms with Gasteiger partial charge in [0.2, 0.25) is 0 Å². The van der Waals surface area contributed by atoms with Crippen molar-refractivity contribution in [2.75, 3.05) is 44.2 Å². The van der Waals surface area contributed by atoms with Gasteiger partial charge in [-0.1, -0.05) is 6.92 Å². The SMILES string of the molecule is C[C@H]1CCc2c(sc3ncnc(N4CCN(CCO)CC4)c23)C1. The largest absolute Gasteiger partial charge is 0.395 e. The van der Waals surface area contributed by atoms with Crippen LogP contribution in [0.25, 0.3) is 10.2 Å². The van der Waals surface area contributed by atoms with Gasteiger partial charge in [-0.05, 0) is 30.7 Å². The van der Waals surface area contributed by atoms with Crippen molar-refractivity contribution in [3.63, 3.8) is 0 Å². The Bertz CT molecular complexity index is 693. The second kappa shape index (κ2) is 6.34. The zero-order valence-corrected chi connectivity index (χ0v) is 14.5. The molecular formula is C17H24N4OS. The fourth-order valence-electron chi connectivity index (χ4n) is 3.82. The van der Waals surface area contributed by atoms with Crippen molar-refractivity contribution in [2.24, 2.45) is 5.92 Å². The third kappa shape index (κ3) is 2.84. The fraction of sp³-hybridized carbons (Fsp3) is 0.647. The van der Waals surface area contributed by atoms with Gasteiger partial charge in [0.1, 0.15) is 17.0 Å². The molecule has 1 aliphatic carbocycles. The van der Waals surface area contributed by atoms with E-state index in [1.165, 1.54) is 35.1 Å². The van der Waals surface area contributed by atoms with Gasteiger partial charge in [-0.3, -0.25) is 4.90 Å². The molecule has 23 heavy (non-hydrogen) atoms. The fourth-order valence-corrected chi connectivity index (χ4v) is 5.17. The number of aromatic nitrogens is 2. The first-order valence-corrected chi connectivity index (χ1v) is 9.41. The minimum atomic E-state index is 0.244. The lowest BCUT2D eigenvalue weighted by atomic mass is 9.89. The molecule has 2 aromatic heterocycles. The molecule has 6 heteroatoms. The predicted octanol–water partition coefficient (Wildman–Crippen LogP) is 1.93. The number of aryl methyl sites for hydroxylation is 1. The Morgan fingerprint density at radius 2 is 2.09 bits per heavy atom. The summed E-state index contributed by atoms with van der Waals surface area (Å²) in [4.78, 5) is 16.6. The number of rotatable bonds is 3. The van der Waals surface area contributed by atoms with Gasteiger partial charge in [0.15, 0.2) is 0 Å². The minimum Gasteiger partial charge on any atom is -0.395 e. The third-order valence-corrected chi connectivity index (χ3v) is 6.32. The number of aliphatic hydroxyl groups is 1. The molecule has 1 fully saturated rings. The molecule has 1 saturated heterocycles. The highest BCUT2D eigenvalue weighted by Gasteiger charge is 2.26. The summed E-state index contributed by atoms with van der Waals surface area (Å²) in [5.74, 6) is 1.92. The molecule has 3 heterocycles. The maximum Gasteiger partial charge on any atom is 0.141 e. The second-order valence-electron chi connectivity index (χ2n) is 6.78. The Kier molecular flexibility index (Phi) is 4.22. The van der Waals surface area contributed by atoms with Gasteiger partial charge in [0.25, 0.3) is 0 Å². The van der Waals surface area contributed by atoms with Gasteiger partial charge in [0.05, 0.1) is 12.0 Å². The molecule has 1 N–H and O–H groups in total. The standard InChI is InChI=1S/C17H24N4OS/c1-12-2-3-13-14(10-12)23-17-15(13)16(18-11-19-17)21-6-4-20(5-7-21)8-9-22/h11-12,22H,2-10H2,1H3/t12-/m0/s1. The van der Waals surface area contributed by atoms with Crippen LogP contribution in [0.1, 0.15) is 23.8 Å². The van der Waals surface area contributed by atoms with Crippen LogP contribution in [0, 0.1) is 5.92 Å². The van der Waals surface area contributed by atoms with E-state index in [0.717, 1.165) is 49.3 Å². The van der Waals surface area contributed by atoms with E-state index < -0.39 is 0 Å². The van der Waals surface area contributed by atoms with E-state index in [2.05, 4.69) is 26.7 Å². The van der Waals surface area contributed by atoms with E-state index in [9.17, 15) is 0 Å². The van der Waals surface area contributed by atoms with E-state index in [4.69, 9.17) is 5.11 Å². The van der Waals surface area contributed by atoms with Crippen molar-refractivity contribution in [1.82, 2.24) is 14.9 Å². The van der Waals surface area contributed by atoms with Crippen molar-refractivity contribution in [1.29, 1.82) is 0 Å². The van der Waals surface area contributed by atoms with Crippen LogP contribution in [0.2, 0.25) is 0 Å². The van der Waals surface area contributed by atoms with Crippen LogP contribution in [0.5, 0.6) is 0 Å². The Labute approximate surface area is 141 Å². The monoisotopic (exact) mass is 332 g/mol. The molecule has 0 unspecified atom stereocenters. The predicted molar refractivity (Wildman–Crippen MR) is 94.3 cm³/mol. The zero-order chi connectivity index (χ0) is 15.8. The summed E-state index contributed by atoms with van der Waals surface area (Å²) in [6.07, 6.45) is 5.36. The number of anilines is 1. The Morgan fingerprint density at radius 3 is 2.87 bits per heavy atom. The van der Waals surface area contributed by atoms with Crippen LogP contribution in [-0.2, 0) is 12.8 Å². The number of thiophene rings is 1. The summed E-state index contributed by atoms with van der Waals surface area (Å²) in [5.41, 5.74) is 1.51. The molecule has 1 aliphatic heterocycles. The normalized spacial score (nSPS) is 22.5. The number of nitrogens with zero attached hydrogens (tertiary/aromatic N) is 4. The average molecular weight is 332 g/mol. The Balaban J connectivity index is 1.66. The summed E-state index contributed by atoms with van der Waals surface area (Å²) >= 11 is 1.87. The number of piperazine rings is 1. The molecule has 2 aromatic rings.